The molecule has 2 aromatic heterocycles. The third-order valence-electron chi connectivity index (χ3n) is 12.5. The van der Waals surface area contributed by atoms with E-state index in [2.05, 4.69) is 252 Å². The fourth-order valence-corrected chi connectivity index (χ4v) is 9.64. The van der Waals surface area contributed by atoms with Crippen LogP contribution < -0.4 is 0 Å². The van der Waals surface area contributed by atoms with Crippen molar-refractivity contribution in [2.45, 2.75) is 0 Å². The topological polar surface area (TPSA) is 9.86 Å². The molecule has 0 saturated heterocycles. The van der Waals surface area contributed by atoms with Crippen LogP contribution in [0.1, 0.15) is 0 Å². The molecule has 0 aliphatic heterocycles. The number of para-hydroxylation sites is 2. The van der Waals surface area contributed by atoms with Crippen LogP contribution in [0.5, 0.6) is 0 Å². The van der Waals surface area contributed by atoms with Gasteiger partial charge in [0.15, 0.2) is 0 Å². The molecule has 0 bridgehead atoms. The van der Waals surface area contributed by atoms with Gasteiger partial charge in [-0.15, -0.1) is 0 Å². The number of benzene rings is 10. The van der Waals surface area contributed by atoms with Crippen LogP contribution in [0.2, 0.25) is 0 Å². The molecule has 62 heavy (non-hydrogen) atoms. The van der Waals surface area contributed by atoms with Crippen LogP contribution in [0.4, 0.5) is 0 Å². The van der Waals surface area contributed by atoms with E-state index in [1.165, 1.54) is 99.2 Å². The molecule has 0 atom stereocenters. The molecule has 290 valence electrons. The molecule has 0 spiro atoms. The Hall–Kier alpha value is -8.20. The molecule has 12 aromatic rings. The summed E-state index contributed by atoms with van der Waals surface area (Å²) in [5.41, 5.74) is 19.1. The van der Waals surface area contributed by atoms with E-state index in [0.717, 1.165) is 11.4 Å². The Labute approximate surface area is 360 Å². The number of nitrogens with zero attached hydrogens (tertiary/aromatic N) is 2. The maximum Gasteiger partial charge on any atom is 0.0547 e. The molecule has 10 aromatic carbocycles. The van der Waals surface area contributed by atoms with Gasteiger partial charge in [-0.25, -0.2) is 0 Å². The summed E-state index contributed by atoms with van der Waals surface area (Å²) in [6.07, 6.45) is 0. The van der Waals surface area contributed by atoms with Gasteiger partial charge in [0.05, 0.1) is 27.8 Å². The van der Waals surface area contributed by atoms with Gasteiger partial charge in [-0.05, 0) is 117 Å². The van der Waals surface area contributed by atoms with E-state index in [1.807, 2.05) is 0 Å². The van der Waals surface area contributed by atoms with Gasteiger partial charge in [-0.1, -0.05) is 176 Å². The Balaban J connectivity index is 1.06. The molecule has 0 amide bonds. The van der Waals surface area contributed by atoms with Crippen molar-refractivity contribution in [3.8, 4) is 67.0 Å². The van der Waals surface area contributed by atoms with Gasteiger partial charge in [0.1, 0.15) is 0 Å². The van der Waals surface area contributed by atoms with Crippen molar-refractivity contribution in [1.29, 1.82) is 0 Å². The quantitative estimate of drug-likeness (QED) is 0.152. The van der Waals surface area contributed by atoms with Crippen LogP contribution in [0.3, 0.4) is 0 Å². The third kappa shape index (κ3) is 5.96. The van der Waals surface area contributed by atoms with E-state index in [1.54, 1.807) is 0 Å². The van der Waals surface area contributed by atoms with E-state index < -0.39 is 0 Å². The number of rotatable bonds is 7. The van der Waals surface area contributed by atoms with Gasteiger partial charge >= 0.3 is 0 Å². The van der Waals surface area contributed by atoms with Crippen LogP contribution in [0.15, 0.2) is 243 Å². The monoisotopic (exact) mass is 788 g/mol. The predicted octanol–water partition coefficient (Wildman–Crippen LogP) is 16.2. The van der Waals surface area contributed by atoms with Crippen molar-refractivity contribution in [1.82, 2.24) is 9.13 Å². The maximum atomic E-state index is 2.47. The van der Waals surface area contributed by atoms with Crippen molar-refractivity contribution in [3.05, 3.63) is 243 Å². The van der Waals surface area contributed by atoms with E-state index in [-0.39, 0.29) is 0 Å². The normalized spacial score (nSPS) is 11.5. The lowest BCUT2D eigenvalue weighted by molar-refractivity contribution is 1.18. The smallest absolute Gasteiger partial charge is 0.0547 e. The molecule has 0 unspecified atom stereocenters. The van der Waals surface area contributed by atoms with Crippen molar-refractivity contribution < 1.29 is 0 Å². The van der Waals surface area contributed by atoms with Crippen molar-refractivity contribution in [2.24, 2.45) is 0 Å². The van der Waals surface area contributed by atoms with E-state index in [0.29, 0.717) is 0 Å². The number of hydrogen-bond donors (Lipinski definition) is 0. The lowest BCUT2D eigenvalue weighted by atomic mass is 9.94. The second kappa shape index (κ2) is 14.8. The lowest BCUT2D eigenvalue weighted by Gasteiger charge is -2.17. The van der Waals surface area contributed by atoms with E-state index in [9.17, 15) is 0 Å². The minimum absolute atomic E-state index is 1.15. The second-order valence-corrected chi connectivity index (χ2v) is 16.1. The first-order valence-corrected chi connectivity index (χ1v) is 21.3. The Morgan fingerprint density at radius 3 is 1.42 bits per heavy atom. The molecule has 0 N–H and O–H groups in total. The maximum absolute atomic E-state index is 2.47. The predicted molar refractivity (Wildman–Crippen MR) is 262 cm³/mol. The Kier molecular flexibility index (Phi) is 8.53. The summed E-state index contributed by atoms with van der Waals surface area (Å²) in [4.78, 5) is 0. The van der Waals surface area contributed by atoms with Gasteiger partial charge < -0.3 is 9.13 Å². The molecule has 2 nitrogen and oxygen atoms in total. The van der Waals surface area contributed by atoms with Gasteiger partial charge in [0.25, 0.3) is 0 Å². The second-order valence-electron chi connectivity index (χ2n) is 16.1. The highest BCUT2D eigenvalue weighted by Crippen LogP contribution is 2.43. The minimum atomic E-state index is 1.15. The van der Waals surface area contributed by atoms with Gasteiger partial charge in [0.2, 0.25) is 0 Å². The average Bonchev–Trinajstić information content (AvgIpc) is 3.87. The van der Waals surface area contributed by atoms with E-state index >= 15 is 0 Å². The molecule has 0 saturated carbocycles. The fourth-order valence-electron chi connectivity index (χ4n) is 9.64. The van der Waals surface area contributed by atoms with Crippen LogP contribution in [-0.4, -0.2) is 9.13 Å². The van der Waals surface area contributed by atoms with Crippen LogP contribution in [-0.2, 0) is 0 Å². The summed E-state index contributed by atoms with van der Waals surface area (Å²) < 4.78 is 4.88. The zero-order valence-corrected chi connectivity index (χ0v) is 34.0. The summed E-state index contributed by atoms with van der Waals surface area (Å²) in [5, 5.41) is 4.96. The molecule has 2 heteroatoms. The van der Waals surface area contributed by atoms with Crippen LogP contribution in [0.25, 0.3) is 111 Å². The number of aromatic nitrogens is 2. The van der Waals surface area contributed by atoms with Gasteiger partial charge in [-0.3, -0.25) is 0 Å². The summed E-state index contributed by atoms with van der Waals surface area (Å²) >= 11 is 0. The van der Waals surface area contributed by atoms with Crippen molar-refractivity contribution in [3.63, 3.8) is 0 Å². The number of fused-ring (bicyclic) bond motifs is 6. The third-order valence-corrected chi connectivity index (χ3v) is 12.5. The number of hydrogen-bond acceptors (Lipinski definition) is 0. The van der Waals surface area contributed by atoms with Crippen LogP contribution in [0, 0.1) is 0 Å². The molecular weight excluding hydrogens is 749 g/mol. The zero-order valence-electron chi connectivity index (χ0n) is 34.0. The Morgan fingerprint density at radius 2 is 0.710 bits per heavy atom. The first-order chi connectivity index (χ1) is 30.8. The first kappa shape index (κ1) is 35.7. The first-order valence-electron chi connectivity index (χ1n) is 21.3. The van der Waals surface area contributed by atoms with Crippen molar-refractivity contribution in [2.75, 3.05) is 0 Å². The lowest BCUT2D eigenvalue weighted by Crippen LogP contribution is -1.98. The average molecular weight is 789 g/mol. The zero-order chi connectivity index (χ0) is 41.0. The fraction of sp³-hybridized carbons (Fsp3) is 0. The highest BCUT2D eigenvalue weighted by atomic mass is 15.0. The molecule has 0 aliphatic rings. The highest BCUT2D eigenvalue weighted by molar-refractivity contribution is 6.17. The standard InChI is InChI=1S/C60H40N2/c1-5-17-41(18-6-1)44-23-15-24-48(37-44)52-38-45(42-19-7-2-8-20-42)31-34-56(52)62-55-29-14-13-27-51(55)53-39-46(32-35-57(53)62)47-33-36-58-54(40-47)60-50(43-21-9-3-10-22-43)28-16-30-59(60)61(58)49-25-11-4-12-26-49/h1-40H. The molecule has 12 rings (SSSR count). The van der Waals surface area contributed by atoms with Crippen molar-refractivity contribution >= 4 is 43.6 Å². The minimum Gasteiger partial charge on any atom is -0.309 e. The molecule has 0 radical (unpaired) electrons. The van der Waals surface area contributed by atoms with Gasteiger partial charge in [0, 0.05) is 32.8 Å². The summed E-state index contributed by atoms with van der Waals surface area (Å²) in [6.45, 7) is 0. The highest BCUT2D eigenvalue weighted by Gasteiger charge is 2.20. The Bertz CT molecular complexity index is 3600. The van der Waals surface area contributed by atoms with E-state index in [4.69, 9.17) is 0 Å². The summed E-state index contributed by atoms with van der Waals surface area (Å²) in [7, 11) is 0. The molecule has 0 aliphatic carbocycles. The summed E-state index contributed by atoms with van der Waals surface area (Å²) in [5.74, 6) is 0. The summed E-state index contributed by atoms with van der Waals surface area (Å²) in [6, 6.07) is 88.4. The van der Waals surface area contributed by atoms with Gasteiger partial charge in [-0.2, -0.15) is 0 Å². The molecular formula is C60H40N2. The van der Waals surface area contributed by atoms with Crippen LogP contribution >= 0.6 is 0 Å². The Morgan fingerprint density at radius 1 is 0.226 bits per heavy atom. The molecule has 2 heterocycles. The molecule has 0 fully saturated rings. The largest absolute Gasteiger partial charge is 0.309 e. The SMILES string of the molecule is c1ccc(-c2cccc(-c3cc(-c4ccccc4)ccc3-n3c4ccccc4c4cc(-c5ccc6c(c5)c5c(-c7ccccc7)cccc5n6-c5ccccc5)ccc43)c2)cc1.